The number of sulfonamides is 1. The van der Waals surface area contributed by atoms with Crippen LogP contribution in [0.2, 0.25) is 0 Å². The highest BCUT2D eigenvalue weighted by Crippen LogP contribution is 2.23. The number of hydrogen-bond donors (Lipinski definition) is 1. The summed E-state index contributed by atoms with van der Waals surface area (Å²) in [7, 11) is -2.90. The molecule has 0 heterocycles. The lowest BCUT2D eigenvalue weighted by Gasteiger charge is -2.18. The van der Waals surface area contributed by atoms with Gasteiger partial charge in [-0.3, -0.25) is 4.79 Å². The molecule has 0 spiro atoms. The van der Waals surface area contributed by atoms with Crippen LogP contribution in [0, 0.1) is 11.6 Å². The number of likely N-dealkylation sites (N-methyl/N-ethyl adjacent to an activating group) is 1. The van der Waals surface area contributed by atoms with Crippen molar-refractivity contribution in [2.45, 2.75) is 17.8 Å². The lowest BCUT2D eigenvalue weighted by atomic mass is 10.2. The maximum absolute atomic E-state index is 13.6. The van der Waals surface area contributed by atoms with Gasteiger partial charge in [0.2, 0.25) is 15.9 Å². The molecule has 1 N–H and O–H groups in total. The molecular formula is C17H15F5N2O4S. The Labute approximate surface area is 162 Å². The Balaban J connectivity index is 1.97. The first-order chi connectivity index (χ1) is 13.4. The molecule has 0 radical (unpaired) electrons. The van der Waals surface area contributed by atoms with Crippen molar-refractivity contribution in [3.8, 4) is 5.75 Å². The van der Waals surface area contributed by atoms with Crippen LogP contribution in [0.3, 0.4) is 0 Å². The maximum atomic E-state index is 13.6. The summed E-state index contributed by atoms with van der Waals surface area (Å²) in [6.45, 7) is -0.904. The molecule has 12 heteroatoms. The fourth-order valence-electron chi connectivity index (χ4n) is 2.19. The minimum Gasteiger partial charge on any atom is -0.406 e. The third-order valence-corrected chi connectivity index (χ3v) is 5.05. The second-order valence-corrected chi connectivity index (χ2v) is 7.60. The first-order valence-electron chi connectivity index (χ1n) is 7.91. The van der Waals surface area contributed by atoms with E-state index in [1.54, 1.807) is 0 Å². The zero-order chi connectivity index (χ0) is 21.8. The summed E-state index contributed by atoms with van der Waals surface area (Å²) in [5.41, 5.74) is 0.0327. The van der Waals surface area contributed by atoms with Crippen molar-refractivity contribution in [3.05, 3.63) is 59.7 Å². The van der Waals surface area contributed by atoms with Crippen LogP contribution in [0.4, 0.5) is 22.0 Å². The predicted molar refractivity (Wildman–Crippen MR) is 91.1 cm³/mol. The molecule has 2 rings (SSSR count). The van der Waals surface area contributed by atoms with Crippen molar-refractivity contribution in [3.63, 3.8) is 0 Å². The fourth-order valence-corrected chi connectivity index (χ4v) is 3.16. The topological polar surface area (TPSA) is 75.7 Å². The molecule has 0 aromatic heterocycles. The van der Waals surface area contributed by atoms with E-state index in [1.807, 2.05) is 4.72 Å². The molecule has 158 valence electrons. The summed E-state index contributed by atoms with van der Waals surface area (Å²) in [5, 5.41) is 0. The van der Waals surface area contributed by atoms with E-state index in [-0.39, 0.29) is 17.0 Å². The van der Waals surface area contributed by atoms with Gasteiger partial charge in [-0.1, -0.05) is 6.07 Å². The summed E-state index contributed by atoms with van der Waals surface area (Å²) in [4.78, 5) is 12.7. The van der Waals surface area contributed by atoms with Gasteiger partial charge < -0.3 is 9.64 Å². The number of carbonyl (C=O) groups excluding carboxylic acids is 1. The van der Waals surface area contributed by atoms with Crippen LogP contribution in [0.25, 0.3) is 0 Å². The third kappa shape index (κ3) is 6.68. The number of amides is 1. The van der Waals surface area contributed by atoms with E-state index in [1.165, 1.54) is 7.05 Å². The van der Waals surface area contributed by atoms with Gasteiger partial charge in [0, 0.05) is 25.2 Å². The van der Waals surface area contributed by atoms with Crippen LogP contribution in [0.15, 0.2) is 47.4 Å². The summed E-state index contributed by atoms with van der Waals surface area (Å²) < 4.78 is 92.9. The quantitative estimate of drug-likeness (QED) is 0.675. The molecule has 1 amide bonds. The zero-order valence-electron chi connectivity index (χ0n) is 14.8. The Morgan fingerprint density at radius 2 is 1.72 bits per heavy atom. The Bertz CT molecular complexity index is 978. The van der Waals surface area contributed by atoms with Crippen molar-refractivity contribution in [1.82, 2.24) is 9.62 Å². The van der Waals surface area contributed by atoms with Crippen molar-refractivity contribution in [2.24, 2.45) is 0 Å². The normalized spacial score (nSPS) is 11.9. The van der Waals surface area contributed by atoms with Gasteiger partial charge in [0.15, 0.2) is 0 Å². The van der Waals surface area contributed by atoms with Crippen molar-refractivity contribution >= 4 is 15.9 Å². The van der Waals surface area contributed by atoms with Crippen LogP contribution in [-0.4, -0.2) is 39.2 Å². The fraction of sp³-hybridized carbons (Fsp3) is 0.235. The number of benzene rings is 2. The molecule has 0 saturated heterocycles. The number of rotatable bonds is 7. The van der Waals surface area contributed by atoms with Crippen LogP contribution >= 0.6 is 0 Å². The highest BCUT2D eigenvalue weighted by Gasteiger charge is 2.31. The number of nitrogens with zero attached hydrogens (tertiary/aromatic N) is 1. The first kappa shape index (κ1) is 22.6. The summed E-state index contributed by atoms with van der Waals surface area (Å²) >= 11 is 0. The van der Waals surface area contributed by atoms with Crippen molar-refractivity contribution in [2.75, 3.05) is 13.6 Å². The molecule has 0 aliphatic rings. The van der Waals surface area contributed by atoms with Crippen LogP contribution in [0.1, 0.15) is 5.56 Å². The largest absolute Gasteiger partial charge is 0.573 e. The highest BCUT2D eigenvalue weighted by atomic mass is 32.2. The van der Waals surface area contributed by atoms with Gasteiger partial charge in [0.05, 0.1) is 11.4 Å². The Hall–Kier alpha value is -2.73. The lowest BCUT2D eigenvalue weighted by Crippen LogP contribution is -2.37. The summed E-state index contributed by atoms with van der Waals surface area (Å²) in [6.07, 6.45) is -4.92. The Morgan fingerprint density at radius 3 is 2.28 bits per heavy atom. The van der Waals surface area contributed by atoms with E-state index >= 15 is 0 Å². The average Bonchev–Trinajstić information content (AvgIpc) is 2.61. The van der Waals surface area contributed by atoms with Crippen LogP contribution in [0.5, 0.6) is 5.75 Å². The molecule has 0 aliphatic carbocycles. The lowest BCUT2D eigenvalue weighted by molar-refractivity contribution is -0.274. The molecule has 2 aromatic rings. The SMILES string of the molecule is CN(Cc1ccc(F)cc1F)C(=O)CNS(=O)(=O)c1ccc(OC(F)(F)F)cc1. The maximum Gasteiger partial charge on any atom is 0.573 e. The van der Waals surface area contributed by atoms with Crippen LogP contribution < -0.4 is 9.46 Å². The minimum absolute atomic E-state index is 0.0327. The standard InChI is InChI=1S/C17H15F5N2O4S/c1-24(10-11-2-3-12(18)8-15(11)19)16(25)9-23-29(26,27)14-6-4-13(5-7-14)28-17(20,21)22/h2-8,23H,9-10H2,1H3. The average molecular weight is 438 g/mol. The highest BCUT2D eigenvalue weighted by molar-refractivity contribution is 7.89. The van der Waals surface area contributed by atoms with E-state index in [2.05, 4.69) is 4.74 Å². The second kappa shape index (κ2) is 8.74. The van der Waals surface area contributed by atoms with Gasteiger partial charge in [-0.15, -0.1) is 13.2 Å². The summed E-state index contributed by atoms with van der Waals surface area (Å²) in [6, 6.07) is 6.22. The van der Waals surface area contributed by atoms with Gasteiger partial charge in [-0.2, -0.15) is 0 Å². The van der Waals surface area contributed by atoms with E-state index < -0.39 is 46.2 Å². The van der Waals surface area contributed by atoms with Crippen molar-refractivity contribution < 1.29 is 39.9 Å². The predicted octanol–water partition coefficient (Wildman–Crippen LogP) is 2.80. The smallest absolute Gasteiger partial charge is 0.406 e. The molecule has 0 atom stereocenters. The Kier molecular flexibility index (Phi) is 6.80. The van der Waals surface area contributed by atoms with Crippen molar-refractivity contribution in [1.29, 1.82) is 0 Å². The molecule has 0 saturated carbocycles. The molecule has 2 aromatic carbocycles. The first-order valence-corrected chi connectivity index (χ1v) is 9.39. The Morgan fingerprint density at radius 1 is 1.10 bits per heavy atom. The van der Waals surface area contributed by atoms with E-state index in [4.69, 9.17) is 0 Å². The van der Waals surface area contributed by atoms with Gasteiger partial charge >= 0.3 is 6.36 Å². The molecule has 0 unspecified atom stereocenters. The monoisotopic (exact) mass is 438 g/mol. The van der Waals surface area contributed by atoms with E-state index in [9.17, 15) is 35.2 Å². The number of alkyl halides is 3. The van der Waals surface area contributed by atoms with E-state index in [0.29, 0.717) is 6.07 Å². The third-order valence-electron chi connectivity index (χ3n) is 3.63. The number of ether oxygens (including phenoxy) is 1. The molecular weight excluding hydrogens is 423 g/mol. The molecule has 0 aliphatic heterocycles. The van der Waals surface area contributed by atoms with Gasteiger partial charge in [-0.25, -0.2) is 21.9 Å². The minimum atomic E-state index is -4.92. The number of carbonyl (C=O) groups is 1. The number of hydrogen-bond acceptors (Lipinski definition) is 4. The summed E-state index contributed by atoms with van der Waals surface area (Å²) in [5.74, 6) is -2.95. The van der Waals surface area contributed by atoms with Gasteiger partial charge in [-0.05, 0) is 30.3 Å². The molecule has 29 heavy (non-hydrogen) atoms. The number of halogens is 5. The van der Waals surface area contributed by atoms with Crippen LogP contribution in [-0.2, 0) is 21.4 Å². The second-order valence-electron chi connectivity index (χ2n) is 5.83. The van der Waals surface area contributed by atoms with Gasteiger partial charge in [0.25, 0.3) is 0 Å². The molecule has 0 fully saturated rings. The zero-order valence-corrected chi connectivity index (χ0v) is 15.7. The van der Waals surface area contributed by atoms with Gasteiger partial charge in [0.1, 0.15) is 17.4 Å². The van der Waals surface area contributed by atoms with E-state index in [0.717, 1.165) is 41.3 Å². The molecule has 0 bridgehead atoms. The molecule has 6 nitrogen and oxygen atoms in total. The number of nitrogens with one attached hydrogen (secondary N) is 1.